The third kappa shape index (κ3) is 3.51. The summed E-state index contributed by atoms with van der Waals surface area (Å²) in [7, 11) is 0. The van der Waals surface area contributed by atoms with E-state index in [0.29, 0.717) is 23.7 Å². The van der Waals surface area contributed by atoms with E-state index in [1.54, 1.807) is 24.3 Å². The van der Waals surface area contributed by atoms with E-state index in [2.05, 4.69) is 5.32 Å². The molecule has 4 aromatic rings. The Bertz CT molecular complexity index is 1150. The molecule has 0 unspecified atom stereocenters. The van der Waals surface area contributed by atoms with Crippen LogP contribution in [0.3, 0.4) is 0 Å². The highest BCUT2D eigenvalue weighted by Crippen LogP contribution is 2.18. The van der Waals surface area contributed by atoms with Gasteiger partial charge in [0.2, 0.25) is 5.91 Å². The first-order valence-corrected chi connectivity index (χ1v) is 9.15. The van der Waals surface area contributed by atoms with Crippen LogP contribution in [0.2, 0.25) is 0 Å². The van der Waals surface area contributed by atoms with Crippen molar-refractivity contribution in [1.29, 1.82) is 0 Å². The van der Waals surface area contributed by atoms with Gasteiger partial charge in [-0.05, 0) is 48.4 Å². The Balaban J connectivity index is 1.58. The monoisotopic (exact) mass is 374 g/mol. The van der Waals surface area contributed by atoms with Crippen LogP contribution in [-0.2, 0) is 17.8 Å². The molecule has 140 valence electrons. The van der Waals surface area contributed by atoms with E-state index in [4.69, 9.17) is 0 Å². The molecule has 0 spiro atoms. The van der Waals surface area contributed by atoms with Crippen LogP contribution < -0.4 is 10.7 Å². The lowest BCUT2D eigenvalue weighted by Crippen LogP contribution is -2.30. The van der Waals surface area contributed by atoms with Gasteiger partial charge in [-0.25, -0.2) is 4.39 Å². The predicted octanol–water partition coefficient (Wildman–Crippen LogP) is 3.65. The van der Waals surface area contributed by atoms with E-state index >= 15 is 0 Å². The van der Waals surface area contributed by atoms with Gasteiger partial charge < -0.3 is 9.88 Å². The van der Waals surface area contributed by atoms with Gasteiger partial charge in [0.05, 0.1) is 11.0 Å². The van der Waals surface area contributed by atoms with Crippen molar-refractivity contribution >= 4 is 27.7 Å². The molecule has 0 bridgehead atoms. The summed E-state index contributed by atoms with van der Waals surface area (Å²) in [6.45, 7) is 0.575. The first-order valence-electron chi connectivity index (χ1n) is 9.15. The molecule has 0 saturated carbocycles. The lowest BCUT2D eigenvalue weighted by molar-refractivity contribution is -0.121. The number of pyridine rings is 1. The van der Waals surface area contributed by atoms with E-state index in [1.807, 2.05) is 41.0 Å². The van der Waals surface area contributed by atoms with Gasteiger partial charge in [0.25, 0.3) is 0 Å². The number of nitrogens with zero attached hydrogens (tertiary/aromatic N) is 1. The standard InChI is InChI=1S/C23H19FN2O2/c24-17-11-9-16(10-12-17)13-14-25-22(27)15-26-20-7-3-1-5-18(20)23(28)19-6-2-4-8-21(19)26/h1-12H,13-15H2,(H,25,27). The molecule has 0 aliphatic heterocycles. The molecule has 4 nitrogen and oxygen atoms in total. The molecule has 0 saturated heterocycles. The van der Waals surface area contributed by atoms with Gasteiger partial charge in [-0.2, -0.15) is 0 Å². The van der Waals surface area contributed by atoms with Crippen molar-refractivity contribution in [2.45, 2.75) is 13.0 Å². The van der Waals surface area contributed by atoms with Gasteiger partial charge in [-0.1, -0.05) is 36.4 Å². The number of hydrogen-bond acceptors (Lipinski definition) is 2. The normalized spacial score (nSPS) is 11.0. The van der Waals surface area contributed by atoms with E-state index in [-0.39, 0.29) is 23.7 Å². The number of nitrogens with one attached hydrogen (secondary N) is 1. The summed E-state index contributed by atoms with van der Waals surface area (Å²) >= 11 is 0. The van der Waals surface area contributed by atoms with Gasteiger partial charge in [0, 0.05) is 17.3 Å². The zero-order chi connectivity index (χ0) is 19.5. The molecule has 3 aromatic carbocycles. The van der Waals surface area contributed by atoms with E-state index < -0.39 is 0 Å². The molecule has 1 amide bonds. The van der Waals surface area contributed by atoms with Crippen LogP contribution in [0.5, 0.6) is 0 Å². The molecule has 0 aliphatic carbocycles. The van der Waals surface area contributed by atoms with Crippen LogP contribution in [0.4, 0.5) is 4.39 Å². The van der Waals surface area contributed by atoms with E-state index in [1.165, 1.54) is 12.1 Å². The lowest BCUT2D eigenvalue weighted by atomic mass is 10.1. The number of carbonyl (C=O) groups is 1. The van der Waals surface area contributed by atoms with Crippen molar-refractivity contribution in [3.8, 4) is 0 Å². The predicted molar refractivity (Wildman–Crippen MR) is 109 cm³/mol. The highest BCUT2D eigenvalue weighted by molar-refractivity contribution is 5.94. The minimum Gasteiger partial charge on any atom is -0.354 e. The SMILES string of the molecule is O=C(Cn1c2ccccc2c(=O)c2ccccc21)NCCc1ccc(F)cc1. The van der Waals surface area contributed by atoms with Crippen LogP contribution in [0, 0.1) is 5.82 Å². The second kappa shape index (κ2) is 7.64. The second-order valence-electron chi connectivity index (χ2n) is 6.68. The number of amides is 1. The molecule has 0 fully saturated rings. The van der Waals surface area contributed by atoms with Gasteiger partial charge in [-0.3, -0.25) is 9.59 Å². The number of hydrogen-bond donors (Lipinski definition) is 1. The Hall–Kier alpha value is -3.47. The maximum Gasteiger partial charge on any atom is 0.239 e. The summed E-state index contributed by atoms with van der Waals surface area (Å²) in [5, 5.41) is 4.10. The number of carbonyl (C=O) groups excluding carboxylic acids is 1. The highest BCUT2D eigenvalue weighted by Gasteiger charge is 2.12. The Morgan fingerprint density at radius 1 is 0.857 bits per heavy atom. The topological polar surface area (TPSA) is 51.1 Å². The quantitative estimate of drug-likeness (QED) is 0.542. The Kier molecular flexibility index (Phi) is 4.89. The molecule has 0 aliphatic rings. The molecule has 1 heterocycles. The molecular formula is C23H19FN2O2. The Morgan fingerprint density at radius 3 is 2.04 bits per heavy atom. The van der Waals surface area contributed by atoms with Gasteiger partial charge >= 0.3 is 0 Å². The van der Waals surface area contributed by atoms with Crippen molar-refractivity contribution < 1.29 is 9.18 Å². The highest BCUT2D eigenvalue weighted by atomic mass is 19.1. The smallest absolute Gasteiger partial charge is 0.239 e. The van der Waals surface area contributed by atoms with Crippen molar-refractivity contribution in [3.63, 3.8) is 0 Å². The van der Waals surface area contributed by atoms with Crippen LogP contribution in [0.25, 0.3) is 21.8 Å². The van der Waals surface area contributed by atoms with Crippen LogP contribution in [0.15, 0.2) is 77.6 Å². The number of fused-ring (bicyclic) bond motifs is 2. The molecule has 0 radical (unpaired) electrons. The second-order valence-corrected chi connectivity index (χ2v) is 6.68. The number of aromatic nitrogens is 1. The summed E-state index contributed by atoms with van der Waals surface area (Å²) in [6.07, 6.45) is 0.623. The molecule has 1 aromatic heterocycles. The number of para-hydroxylation sites is 2. The van der Waals surface area contributed by atoms with Gasteiger partial charge in [0.15, 0.2) is 5.43 Å². The van der Waals surface area contributed by atoms with Crippen LogP contribution >= 0.6 is 0 Å². The van der Waals surface area contributed by atoms with Crippen molar-refractivity contribution in [3.05, 3.63) is 94.4 Å². The minimum absolute atomic E-state index is 0.0285. The first-order chi connectivity index (χ1) is 13.6. The maximum absolute atomic E-state index is 13.0. The minimum atomic E-state index is -0.273. The molecule has 4 rings (SSSR count). The van der Waals surface area contributed by atoms with Crippen LogP contribution in [0.1, 0.15) is 5.56 Å². The summed E-state index contributed by atoms with van der Waals surface area (Å²) in [5.74, 6) is -0.411. The first kappa shape index (κ1) is 17.9. The molecule has 0 atom stereocenters. The largest absolute Gasteiger partial charge is 0.354 e. The van der Waals surface area contributed by atoms with Crippen molar-refractivity contribution in [2.24, 2.45) is 0 Å². The number of benzene rings is 3. The fraction of sp³-hybridized carbons (Fsp3) is 0.130. The average molecular weight is 374 g/mol. The van der Waals surface area contributed by atoms with Gasteiger partial charge in [-0.15, -0.1) is 0 Å². The lowest BCUT2D eigenvalue weighted by Gasteiger charge is -2.15. The summed E-state index contributed by atoms with van der Waals surface area (Å²) in [5.41, 5.74) is 2.40. The third-order valence-corrected chi connectivity index (χ3v) is 4.83. The van der Waals surface area contributed by atoms with Gasteiger partial charge in [0.1, 0.15) is 12.4 Å². The Labute approximate surface area is 161 Å². The van der Waals surface area contributed by atoms with Crippen molar-refractivity contribution in [1.82, 2.24) is 9.88 Å². The molecule has 5 heteroatoms. The molecule has 28 heavy (non-hydrogen) atoms. The summed E-state index contributed by atoms with van der Waals surface area (Å²) in [4.78, 5) is 25.3. The third-order valence-electron chi connectivity index (χ3n) is 4.83. The van der Waals surface area contributed by atoms with E-state index in [9.17, 15) is 14.0 Å². The summed E-state index contributed by atoms with van der Waals surface area (Å²) in [6, 6.07) is 20.9. The number of rotatable bonds is 5. The maximum atomic E-state index is 13.0. The van der Waals surface area contributed by atoms with Crippen LogP contribution in [-0.4, -0.2) is 17.0 Å². The summed E-state index contributed by atoms with van der Waals surface area (Å²) < 4.78 is 14.8. The van der Waals surface area contributed by atoms with Crippen molar-refractivity contribution in [2.75, 3.05) is 6.54 Å². The molecule has 1 N–H and O–H groups in total. The average Bonchev–Trinajstić information content (AvgIpc) is 2.72. The van der Waals surface area contributed by atoms with E-state index in [0.717, 1.165) is 16.6 Å². The Morgan fingerprint density at radius 2 is 1.43 bits per heavy atom. The number of halogens is 1. The fourth-order valence-electron chi connectivity index (χ4n) is 3.44. The zero-order valence-electron chi connectivity index (χ0n) is 15.2. The molecular weight excluding hydrogens is 355 g/mol. The fourth-order valence-corrected chi connectivity index (χ4v) is 3.44. The zero-order valence-corrected chi connectivity index (χ0v) is 15.2.